The zero-order valence-corrected chi connectivity index (χ0v) is 12.1. The fraction of sp³-hybridized carbons (Fsp3) is 0.429. The number of hydrogen-bond donors (Lipinski definition) is 2. The number of likely N-dealkylation sites (N-methyl/N-ethyl adjacent to an activating group) is 1. The smallest absolute Gasteiger partial charge is 0.246 e. The number of piperazine rings is 1. The van der Waals surface area contributed by atoms with Gasteiger partial charge in [0.15, 0.2) is 0 Å². The van der Waals surface area contributed by atoms with Crippen molar-refractivity contribution in [3.63, 3.8) is 0 Å². The van der Waals surface area contributed by atoms with Crippen LogP contribution in [0.4, 0.5) is 0 Å². The third kappa shape index (κ3) is 2.94. The van der Waals surface area contributed by atoms with Gasteiger partial charge in [-0.1, -0.05) is 23.7 Å². The van der Waals surface area contributed by atoms with Crippen molar-refractivity contribution in [1.29, 1.82) is 0 Å². The van der Waals surface area contributed by atoms with E-state index in [1.54, 1.807) is 12.1 Å². The lowest BCUT2D eigenvalue weighted by molar-refractivity contribution is -0.151. The standard InChI is InChI=1S/C14H17ClN2O3/c1-8(18)12-13(19)16-11(14(20)17(12)2)7-9-3-5-10(15)6-4-9/h3-6,8,11-12,18H,7H2,1-2H3,(H,16,19)/t8?,11-,12-/m0/s1. The Hall–Kier alpha value is -1.59. The first kappa shape index (κ1) is 14.8. The molecule has 1 aromatic carbocycles. The second-order valence-electron chi connectivity index (χ2n) is 5.03. The first-order chi connectivity index (χ1) is 9.40. The molecular formula is C14H17ClN2O3. The topological polar surface area (TPSA) is 69.6 Å². The Morgan fingerprint density at radius 1 is 1.35 bits per heavy atom. The Labute approximate surface area is 122 Å². The summed E-state index contributed by atoms with van der Waals surface area (Å²) in [5.74, 6) is -0.536. The molecule has 0 aliphatic carbocycles. The number of halogens is 1. The number of carbonyl (C=O) groups excluding carboxylic acids is 2. The second kappa shape index (κ2) is 5.81. The van der Waals surface area contributed by atoms with E-state index in [-0.39, 0.29) is 11.8 Å². The van der Waals surface area contributed by atoms with Crippen molar-refractivity contribution in [1.82, 2.24) is 10.2 Å². The van der Waals surface area contributed by atoms with Gasteiger partial charge in [0.2, 0.25) is 11.8 Å². The van der Waals surface area contributed by atoms with Gasteiger partial charge in [0, 0.05) is 18.5 Å². The molecule has 1 aliphatic heterocycles. The molecule has 1 unspecified atom stereocenters. The number of nitrogens with zero attached hydrogens (tertiary/aromatic N) is 1. The average molecular weight is 297 g/mol. The normalized spacial score (nSPS) is 24.5. The molecule has 0 aromatic heterocycles. The lowest BCUT2D eigenvalue weighted by atomic mass is 9.99. The maximum Gasteiger partial charge on any atom is 0.246 e. The van der Waals surface area contributed by atoms with Gasteiger partial charge >= 0.3 is 0 Å². The number of carbonyl (C=O) groups is 2. The van der Waals surface area contributed by atoms with E-state index in [2.05, 4.69) is 5.32 Å². The molecule has 2 N–H and O–H groups in total. The molecule has 1 aliphatic rings. The van der Waals surface area contributed by atoms with E-state index >= 15 is 0 Å². The Morgan fingerprint density at radius 2 is 1.95 bits per heavy atom. The van der Waals surface area contributed by atoms with E-state index in [0.717, 1.165) is 5.56 Å². The summed E-state index contributed by atoms with van der Waals surface area (Å²) < 4.78 is 0. The molecule has 0 bridgehead atoms. The van der Waals surface area contributed by atoms with Gasteiger partial charge in [0.1, 0.15) is 12.1 Å². The lowest BCUT2D eigenvalue weighted by Crippen LogP contribution is -2.65. The highest BCUT2D eigenvalue weighted by Gasteiger charge is 2.40. The summed E-state index contributed by atoms with van der Waals surface area (Å²) in [5, 5.41) is 12.9. The largest absolute Gasteiger partial charge is 0.391 e. The van der Waals surface area contributed by atoms with E-state index in [1.807, 2.05) is 12.1 Å². The van der Waals surface area contributed by atoms with Crippen LogP contribution in [0.1, 0.15) is 12.5 Å². The van der Waals surface area contributed by atoms with Crippen LogP contribution in [0.3, 0.4) is 0 Å². The van der Waals surface area contributed by atoms with Crippen molar-refractivity contribution in [3.05, 3.63) is 34.9 Å². The summed E-state index contributed by atoms with van der Waals surface area (Å²) in [4.78, 5) is 25.5. The van der Waals surface area contributed by atoms with Gasteiger partial charge in [0.05, 0.1) is 6.10 Å². The van der Waals surface area contributed by atoms with Gasteiger partial charge in [-0.2, -0.15) is 0 Å². The van der Waals surface area contributed by atoms with Gasteiger partial charge in [-0.15, -0.1) is 0 Å². The highest BCUT2D eigenvalue weighted by atomic mass is 35.5. The number of hydrogen-bond acceptors (Lipinski definition) is 3. The number of aliphatic hydroxyl groups is 1. The van der Waals surface area contributed by atoms with Gasteiger partial charge in [-0.05, 0) is 24.6 Å². The van der Waals surface area contributed by atoms with Crippen LogP contribution in [-0.2, 0) is 16.0 Å². The van der Waals surface area contributed by atoms with Crippen LogP contribution in [0.2, 0.25) is 5.02 Å². The second-order valence-corrected chi connectivity index (χ2v) is 5.46. The van der Waals surface area contributed by atoms with E-state index in [0.29, 0.717) is 11.4 Å². The van der Waals surface area contributed by atoms with Crippen LogP contribution in [0.15, 0.2) is 24.3 Å². The SMILES string of the molecule is CC(O)[C@H]1C(=O)N[C@@H](Cc2ccc(Cl)cc2)C(=O)N1C. The molecule has 6 heteroatoms. The van der Waals surface area contributed by atoms with Crippen molar-refractivity contribution in [2.75, 3.05) is 7.05 Å². The summed E-state index contributed by atoms with van der Waals surface area (Å²) in [7, 11) is 1.54. The fourth-order valence-corrected chi connectivity index (χ4v) is 2.54. The van der Waals surface area contributed by atoms with E-state index in [1.165, 1.54) is 18.9 Å². The third-order valence-electron chi connectivity index (χ3n) is 3.46. The molecule has 1 fully saturated rings. The minimum atomic E-state index is -0.902. The molecule has 1 saturated heterocycles. The summed E-state index contributed by atoms with van der Waals surface area (Å²) in [6, 6.07) is 5.70. The highest BCUT2D eigenvalue weighted by molar-refractivity contribution is 6.30. The average Bonchev–Trinajstić information content (AvgIpc) is 2.38. The van der Waals surface area contributed by atoms with Crippen molar-refractivity contribution in [2.24, 2.45) is 0 Å². The molecular weight excluding hydrogens is 280 g/mol. The summed E-state index contributed by atoms with van der Waals surface area (Å²) in [6.07, 6.45) is -0.501. The number of rotatable bonds is 3. The summed E-state index contributed by atoms with van der Waals surface area (Å²) in [6.45, 7) is 1.49. The predicted octanol–water partition coefficient (Wildman–Crippen LogP) is 0.589. The zero-order valence-electron chi connectivity index (χ0n) is 11.3. The highest BCUT2D eigenvalue weighted by Crippen LogP contribution is 2.16. The molecule has 0 radical (unpaired) electrons. The first-order valence-electron chi connectivity index (χ1n) is 6.39. The maximum atomic E-state index is 12.2. The molecule has 108 valence electrons. The fourth-order valence-electron chi connectivity index (χ4n) is 2.41. The van der Waals surface area contributed by atoms with Crippen molar-refractivity contribution in [3.8, 4) is 0 Å². The van der Waals surface area contributed by atoms with Gasteiger partial charge in [-0.25, -0.2) is 0 Å². The lowest BCUT2D eigenvalue weighted by Gasteiger charge is -2.37. The van der Waals surface area contributed by atoms with E-state index < -0.39 is 18.2 Å². The van der Waals surface area contributed by atoms with Gasteiger partial charge in [-0.3, -0.25) is 9.59 Å². The van der Waals surface area contributed by atoms with Crippen LogP contribution < -0.4 is 5.32 Å². The molecule has 1 heterocycles. The maximum absolute atomic E-state index is 12.2. The van der Waals surface area contributed by atoms with Crippen molar-refractivity contribution in [2.45, 2.75) is 31.5 Å². The first-order valence-corrected chi connectivity index (χ1v) is 6.77. The minimum absolute atomic E-state index is 0.203. The Balaban J connectivity index is 2.12. The van der Waals surface area contributed by atoms with Crippen LogP contribution >= 0.6 is 11.6 Å². The molecule has 2 amide bonds. The van der Waals surface area contributed by atoms with Crippen LogP contribution in [0.5, 0.6) is 0 Å². The van der Waals surface area contributed by atoms with Gasteiger partial charge < -0.3 is 15.3 Å². The summed E-state index contributed by atoms with van der Waals surface area (Å²) in [5.41, 5.74) is 0.914. The number of nitrogens with one attached hydrogen (secondary N) is 1. The molecule has 0 saturated carbocycles. The third-order valence-corrected chi connectivity index (χ3v) is 3.71. The van der Waals surface area contributed by atoms with Crippen LogP contribution in [-0.4, -0.2) is 47.1 Å². The van der Waals surface area contributed by atoms with Crippen molar-refractivity contribution < 1.29 is 14.7 Å². The number of amides is 2. The quantitative estimate of drug-likeness (QED) is 0.858. The molecule has 20 heavy (non-hydrogen) atoms. The minimum Gasteiger partial charge on any atom is -0.391 e. The molecule has 0 spiro atoms. The molecule has 3 atom stereocenters. The number of aliphatic hydroxyl groups excluding tert-OH is 1. The van der Waals surface area contributed by atoms with Crippen molar-refractivity contribution >= 4 is 23.4 Å². The summed E-state index contributed by atoms with van der Waals surface area (Å²) >= 11 is 5.81. The van der Waals surface area contributed by atoms with E-state index in [9.17, 15) is 14.7 Å². The van der Waals surface area contributed by atoms with Crippen LogP contribution in [0.25, 0.3) is 0 Å². The van der Waals surface area contributed by atoms with E-state index in [4.69, 9.17) is 11.6 Å². The molecule has 1 aromatic rings. The monoisotopic (exact) mass is 296 g/mol. The van der Waals surface area contributed by atoms with Gasteiger partial charge in [0.25, 0.3) is 0 Å². The molecule has 2 rings (SSSR count). The Bertz CT molecular complexity index is 516. The Kier molecular flexibility index (Phi) is 4.30. The van der Waals surface area contributed by atoms with Crippen LogP contribution in [0, 0.1) is 0 Å². The molecule has 5 nitrogen and oxygen atoms in total. The number of benzene rings is 1. The Morgan fingerprint density at radius 3 is 2.50 bits per heavy atom. The predicted molar refractivity (Wildman–Crippen MR) is 75.3 cm³/mol. The zero-order chi connectivity index (χ0) is 14.9.